The van der Waals surface area contributed by atoms with Crippen LogP contribution in [0.25, 0.3) is 64.7 Å². The summed E-state index contributed by atoms with van der Waals surface area (Å²) in [5.74, 6) is 0. The van der Waals surface area contributed by atoms with Gasteiger partial charge in [-0.05, 0) is 297 Å². The first kappa shape index (κ1) is 76.5. The molecule has 0 N–H and O–H groups in total. The van der Waals surface area contributed by atoms with Gasteiger partial charge in [-0.1, -0.05) is 302 Å². The molecule has 0 spiro atoms. The largest absolute Gasteiger partial charge is 0.255 e. The van der Waals surface area contributed by atoms with E-state index in [-0.39, 0.29) is 36.4 Å². The van der Waals surface area contributed by atoms with Gasteiger partial charge in [-0.25, -0.2) is 0 Å². The fourth-order valence-corrected chi connectivity index (χ4v) is 26.8. The molecule has 13 aromatic rings. The summed E-state index contributed by atoms with van der Waals surface area (Å²) in [7, 11) is 0. The zero-order valence-electron chi connectivity index (χ0n) is 70.8. The Morgan fingerprint density at radius 3 is 0.577 bits per heavy atom. The SMILES string of the molecule is CCC1(CC)c2cc(-c3ccc(B(c4c(C)cc(C)cc4C)c4c(C)cc(C)cc4C)s3)ccc2-c2c1c1c(c3c2C(CC)(CC)c2cc(-c4ccc(B(c5c(C)cc(C)cc5C)c5c(C)cc(C)cc5C)s4)ccc2-3)C(CC)(CC)c2cc(-c3ccc(B(c4c(C)cc(C)cc4C)c4c(C)cc(C)cc4C)s3)ccc2-1. The van der Waals surface area contributed by atoms with Gasteiger partial charge in [0.1, 0.15) is 0 Å². The molecule has 0 bridgehead atoms. The van der Waals surface area contributed by atoms with Crippen LogP contribution in [-0.2, 0) is 16.2 Å². The summed E-state index contributed by atoms with van der Waals surface area (Å²) in [5, 5.41) is 0. The fourth-order valence-electron chi connectivity index (χ4n) is 23.4. The molecule has 558 valence electrons. The van der Waals surface area contributed by atoms with Crippen molar-refractivity contribution in [2.75, 3.05) is 0 Å². The van der Waals surface area contributed by atoms with E-state index in [1.54, 1.807) is 16.7 Å². The van der Waals surface area contributed by atoms with Gasteiger partial charge in [0.25, 0.3) is 20.1 Å². The second-order valence-electron chi connectivity index (χ2n) is 34.7. The Balaban J connectivity index is 0.919. The molecule has 0 fully saturated rings. The van der Waals surface area contributed by atoms with E-state index in [2.05, 4.69) is 330 Å². The van der Waals surface area contributed by atoms with Gasteiger partial charge >= 0.3 is 0 Å². The average molecular weight is 1500 g/mol. The lowest BCUT2D eigenvalue weighted by molar-refractivity contribution is 0.473. The summed E-state index contributed by atoms with van der Waals surface area (Å²) >= 11 is 6.04. The van der Waals surface area contributed by atoms with E-state index in [0.717, 1.165) is 38.5 Å². The maximum absolute atomic E-state index is 2.71. The molecule has 0 nitrogen and oxygen atoms in total. The first-order valence-electron chi connectivity index (χ1n) is 41.6. The van der Waals surface area contributed by atoms with Crippen molar-refractivity contribution in [2.45, 2.75) is 221 Å². The zero-order valence-corrected chi connectivity index (χ0v) is 73.2. The molecule has 0 unspecified atom stereocenters. The second kappa shape index (κ2) is 28.5. The Morgan fingerprint density at radius 1 is 0.225 bits per heavy atom. The first-order chi connectivity index (χ1) is 53.1. The van der Waals surface area contributed by atoms with Crippen LogP contribution in [0.2, 0.25) is 0 Å². The highest BCUT2D eigenvalue weighted by atomic mass is 32.1. The predicted molar refractivity (Wildman–Crippen MR) is 495 cm³/mol. The molecule has 111 heavy (non-hydrogen) atoms. The third-order valence-corrected chi connectivity index (χ3v) is 31.3. The molecule has 0 amide bonds. The van der Waals surface area contributed by atoms with Crippen LogP contribution in [0.5, 0.6) is 0 Å². The topological polar surface area (TPSA) is 0 Å². The lowest BCUT2D eigenvalue weighted by Gasteiger charge is -2.37. The molecule has 0 saturated heterocycles. The molecule has 3 aliphatic carbocycles. The van der Waals surface area contributed by atoms with E-state index in [0.29, 0.717) is 0 Å². The molecular weight excluding hydrogens is 1390 g/mol. The minimum Gasteiger partial charge on any atom is -0.149 e. The van der Waals surface area contributed by atoms with Crippen LogP contribution in [0, 0.1) is 125 Å². The molecule has 0 saturated carbocycles. The van der Waals surface area contributed by atoms with Crippen LogP contribution in [0.15, 0.2) is 164 Å². The van der Waals surface area contributed by atoms with Crippen molar-refractivity contribution in [1.29, 1.82) is 0 Å². The Hall–Kier alpha value is -8.51. The zero-order chi connectivity index (χ0) is 78.7. The van der Waals surface area contributed by atoms with Crippen molar-refractivity contribution in [3.8, 4) is 64.7 Å². The van der Waals surface area contributed by atoms with Crippen LogP contribution < -0.4 is 47.1 Å². The summed E-state index contributed by atoms with van der Waals surface area (Å²) < 4.78 is 4.22. The van der Waals surface area contributed by atoms with Crippen LogP contribution >= 0.6 is 34.0 Å². The maximum atomic E-state index is 2.71. The third kappa shape index (κ3) is 11.8. The van der Waals surface area contributed by atoms with Crippen molar-refractivity contribution in [3.63, 3.8) is 0 Å². The second-order valence-corrected chi connectivity index (χ2v) is 38.0. The van der Waals surface area contributed by atoms with Gasteiger partial charge in [-0.15, -0.1) is 34.0 Å². The van der Waals surface area contributed by atoms with Crippen molar-refractivity contribution in [1.82, 2.24) is 0 Å². The van der Waals surface area contributed by atoms with Crippen molar-refractivity contribution < 1.29 is 0 Å². The van der Waals surface area contributed by atoms with E-state index in [9.17, 15) is 0 Å². The Bertz CT molecular complexity index is 5090. The highest BCUT2D eigenvalue weighted by molar-refractivity contribution is 7.31. The smallest absolute Gasteiger partial charge is 0.149 e. The van der Waals surface area contributed by atoms with E-state index < -0.39 is 0 Å². The van der Waals surface area contributed by atoms with Crippen LogP contribution in [0.3, 0.4) is 0 Å². The summed E-state index contributed by atoms with van der Waals surface area (Å²) in [5.41, 5.74) is 54.5. The predicted octanol–water partition coefficient (Wildman–Crippen LogP) is 23.2. The summed E-state index contributed by atoms with van der Waals surface area (Å²) in [6.45, 7) is 57.2. The van der Waals surface area contributed by atoms with E-state index in [4.69, 9.17) is 0 Å². The van der Waals surface area contributed by atoms with Crippen LogP contribution in [0.1, 0.15) is 214 Å². The summed E-state index contributed by atoms with van der Waals surface area (Å²) in [4.78, 5) is 4.02. The van der Waals surface area contributed by atoms with Gasteiger partial charge in [0.2, 0.25) is 0 Å². The highest BCUT2D eigenvalue weighted by Crippen LogP contribution is 2.71. The lowest BCUT2D eigenvalue weighted by atomic mass is 9.37. The van der Waals surface area contributed by atoms with Gasteiger partial charge < -0.3 is 0 Å². The van der Waals surface area contributed by atoms with Gasteiger partial charge in [-0.3, -0.25) is 0 Å². The lowest BCUT2D eigenvalue weighted by Crippen LogP contribution is -2.54. The quantitative estimate of drug-likeness (QED) is 0.0751. The summed E-state index contributed by atoms with van der Waals surface area (Å²) in [6.07, 6.45) is 5.99. The minimum atomic E-state index is -0.266. The molecule has 0 radical (unpaired) electrons. The molecule has 16 rings (SSSR count). The van der Waals surface area contributed by atoms with Crippen molar-refractivity contribution in [2.24, 2.45) is 0 Å². The molecule has 0 atom stereocenters. The van der Waals surface area contributed by atoms with E-state index >= 15 is 0 Å². The average Bonchev–Trinajstić information content (AvgIpc) is 1.48. The number of thiophene rings is 3. The number of rotatable bonds is 18. The molecule has 3 aliphatic rings. The number of aryl methyl sites for hydroxylation is 18. The molecule has 3 aromatic heterocycles. The molecule has 3 heterocycles. The van der Waals surface area contributed by atoms with Gasteiger partial charge in [0.15, 0.2) is 0 Å². The standard InChI is InChI=1S/C105H111B3S3/c1-25-103(26-2)82-55-76(85-37-40-88(109-85)106(97-64(13)43-58(7)44-65(97)14)98-66(15)45-59(8)46-67(98)16)31-34-79(82)91-94(103)92-80-35-32-77(86-38-41-89(110-86)107(99-68(17)47-60(9)48-69(99)18)100-70(19)49-61(10)50-71(100)20)56-83(80)104(27-3,28-4)96(92)93-81-36-33-78(57-84(81)105(29-5,30-6)95(91)93)87-39-42-90(111-87)108(101-72(21)51-62(11)52-73(101)22)102-74(23)53-63(12)54-75(102)24/h31-57H,25-30H2,1-24H3. The van der Waals surface area contributed by atoms with E-state index in [1.807, 2.05) is 34.0 Å². The molecule has 0 aliphatic heterocycles. The van der Waals surface area contributed by atoms with Gasteiger partial charge in [0, 0.05) is 30.9 Å². The number of fused-ring (bicyclic) bond motifs is 12. The molecule has 10 aromatic carbocycles. The van der Waals surface area contributed by atoms with Crippen molar-refractivity contribution >= 4 is 101 Å². The Morgan fingerprint density at radius 2 is 0.405 bits per heavy atom. The first-order valence-corrected chi connectivity index (χ1v) is 44.0. The van der Waals surface area contributed by atoms with Crippen molar-refractivity contribution in [3.05, 3.63) is 297 Å². The summed E-state index contributed by atoms with van der Waals surface area (Å²) in [6, 6.07) is 67.3. The monoisotopic (exact) mass is 1500 g/mol. The maximum Gasteiger partial charge on any atom is 0.255 e. The Labute approximate surface area is 679 Å². The van der Waals surface area contributed by atoms with Gasteiger partial charge in [0.05, 0.1) is 0 Å². The molecular formula is C105H111B3S3. The number of hydrogen-bond acceptors (Lipinski definition) is 3. The fraction of sp³-hybridized carbons (Fsp3) is 0.314. The van der Waals surface area contributed by atoms with Crippen LogP contribution in [0.4, 0.5) is 0 Å². The minimum absolute atomic E-state index is 0.118. The Kier molecular flexibility index (Phi) is 19.7. The third-order valence-electron chi connectivity index (χ3n) is 27.7. The number of hydrogen-bond donors (Lipinski definition) is 0. The molecule has 6 heteroatoms. The highest BCUT2D eigenvalue weighted by Gasteiger charge is 2.57. The van der Waals surface area contributed by atoms with Gasteiger partial charge in [-0.2, -0.15) is 0 Å². The number of benzene rings is 10. The van der Waals surface area contributed by atoms with E-state index in [1.165, 1.54) is 229 Å². The van der Waals surface area contributed by atoms with Crippen LogP contribution in [-0.4, -0.2) is 20.1 Å². The normalized spacial score (nSPS) is 13.8.